The van der Waals surface area contributed by atoms with Crippen molar-refractivity contribution in [2.75, 3.05) is 17.8 Å². The highest BCUT2D eigenvalue weighted by Gasteiger charge is 2.38. The topological polar surface area (TPSA) is 91.2 Å². The molecule has 1 atom stereocenters. The first-order valence-electron chi connectivity index (χ1n) is 10.8. The average Bonchev–Trinajstić information content (AvgIpc) is 3.39. The van der Waals surface area contributed by atoms with Crippen LogP contribution in [0.4, 0.5) is 18.9 Å². The van der Waals surface area contributed by atoms with Crippen molar-refractivity contribution in [3.05, 3.63) is 64.7 Å². The first-order chi connectivity index (χ1) is 16.9. The van der Waals surface area contributed by atoms with Crippen LogP contribution >= 0.6 is 22.9 Å². The number of thiophene rings is 1. The van der Waals surface area contributed by atoms with Crippen LogP contribution in [0.2, 0.25) is 5.02 Å². The number of ether oxygens (including phenoxy) is 1. The molecular formula is C24H21ClF3N3O3S2. The summed E-state index contributed by atoms with van der Waals surface area (Å²) in [6, 6.07) is 13.5. The van der Waals surface area contributed by atoms with Crippen molar-refractivity contribution in [3.8, 4) is 22.3 Å². The second kappa shape index (κ2) is 9.94. The number of nitrogens with one attached hydrogen (secondary N) is 2. The van der Waals surface area contributed by atoms with Crippen LogP contribution in [-0.4, -0.2) is 27.1 Å². The van der Waals surface area contributed by atoms with Crippen LogP contribution in [0.1, 0.15) is 24.5 Å². The zero-order chi connectivity index (χ0) is 26.1. The molecule has 0 saturated carbocycles. The summed E-state index contributed by atoms with van der Waals surface area (Å²) in [6.45, 7) is 2.66. The number of benzene rings is 2. The van der Waals surface area contributed by atoms with Gasteiger partial charge in [-0.25, -0.2) is 8.42 Å². The van der Waals surface area contributed by atoms with Gasteiger partial charge in [0.1, 0.15) is 11.4 Å². The minimum absolute atomic E-state index is 0.0396. The maximum absolute atomic E-state index is 13.6. The summed E-state index contributed by atoms with van der Waals surface area (Å²) in [5, 5.41) is 12.1. The smallest absolute Gasteiger partial charge is 0.419 e. The quantitative estimate of drug-likeness (QED) is 0.368. The Bertz CT molecular complexity index is 1430. The average molecular weight is 556 g/mol. The summed E-state index contributed by atoms with van der Waals surface area (Å²) in [5.74, 6) is -0.461. The van der Waals surface area contributed by atoms with Crippen molar-refractivity contribution < 1.29 is 26.3 Å². The summed E-state index contributed by atoms with van der Waals surface area (Å²) >= 11 is 7.17. The third-order valence-electron chi connectivity index (χ3n) is 5.68. The number of halogens is 4. The van der Waals surface area contributed by atoms with E-state index in [1.54, 1.807) is 31.2 Å². The van der Waals surface area contributed by atoms with Crippen LogP contribution in [0.25, 0.3) is 10.4 Å². The number of nitrogens with zero attached hydrogens (tertiary/aromatic N) is 1. The summed E-state index contributed by atoms with van der Waals surface area (Å²) in [7, 11) is -4.24. The largest absolute Gasteiger partial charge is 0.485 e. The van der Waals surface area contributed by atoms with E-state index in [9.17, 15) is 21.6 Å². The monoisotopic (exact) mass is 555 g/mol. The number of rotatable bonds is 7. The number of anilines is 1. The van der Waals surface area contributed by atoms with Crippen molar-refractivity contribution in [3.63, 3.8) is 0 Å². The van der Waals surface area contributed by atoms with Crippen molar-refractivity contribution in [2.24, 2.45) is 0 Å². The van der Waals surface area contributed by atoms with Crippen LogP contribution in [-0.2, 0) is 22.6 Å². The van der Waals surface area contributed by atoms with Crippen LogP contribution in [0.3, 0.4) is 0 Å². The SMILES string of the molecule is C[C@@]1(Oc2cc(NS(=O)(=O)c3sc(-c4ccccc4CC#N)cc3Cl)ccc2C(F)(F)F)CCNC1. The van der Waals surface area contributed by atoms with E-state index in [-0.39, 0.29) is 21.3 Å². The van der Waals surface area contributed by atoms with Crippen LogP contribution in [0.15, 0.2) is 52.7 Å². The van der Waals surface area contributed by atoms with Gasteiger partial charge in [0.25, 0.3) is 10.0 Å². The number of hydrogen-bond donors (Lipinski definition) is 2. The standard InChI is InChI=1S/C24H21ClF3N3O3S2/c1-23(9-11-30-14-23)34-20-12-16(6-7-18(20)24(26,27)28)31-36(32,33)22-19(25)13-21(35-22)17-5-3-2-4-15(17)8-10-29/h2-7,12-13,30-31H,8-9,11,14H2,1H3/t23-/m1/s1. The molecule has 1 aromatic heterocycles. The van der Waals surface area contributed by atoms with Crippen LogP contribution < -0.4 is 14.8 Å². The Morgan fingerprint density at radius 3 is 2.67 bits per heavy atom. The maximum atomic E-state index is 13.6. The fourth-order valence-corrected chi connectivity index (χ4v) is 7.04. The first-order valence-corrected chi connectivity index (χ1v) is 13.5. The number of sulfonamides is 1. The Morgan fingerprint density at radius 1 is 1.25 bits per heavy atom. The van der Waals surface area contributed by atoms with Gasteiger partial charge in [-0.2, -0.15) is 18.4 Å². The predicted octanol–water partition coefficient (Wildman–Crippen LogP) is 6.08. The lowest BCUT2D eigenvalue weighted by molar-refractivity contribution is -0.139. The van der Waals surface area contributed by atoms with Gasteiger partial charge in [0.15, 0.2) is 4.21 Å². The molecule has 190 valence electrons. The molecule has 0 amide bonds. The van der Waals surface area contributed by atoms with E-state index in [4.69, 9.17) is 21.6 Å². The van der Waals surface area contributed by atoms with Gasteiger partial charge in [0.05, 0.1) is 28.8 Å². The molecule has 3 aromatic rings. The lowest BCUT2D eigenvalue weighted by atomic mass is 10.0. The molecule has 36 heavy (non-hydrogen) atoms. The predicted molar refractivity (Wildman–Crippen MR) is 133 cm³/mol. The molecule has 2 aromatic carbocycles. The van der Waals surface area contributed by atoms with Crippen molar-refractivity contribution in [1.82, 2.24) is 5.32 Å². The van der Waals surface area contributed by atoms with E-state index in [2.05, 4.69) is 16.1 Å². The number of nitriles is 1. The molecule has 6 nitrogen and oxygen atoms in total. The zero-order valence-electron chi connectivity index (χ0n) is 18.9. The molecule has 0 radical (unpaired) electrons. The second-order valence-electron chi connectivity index (χ2n) is 8.53. The van der Waals surface area contributed by atoms with Crippen molar-refractivity contribution in [2.45, 2.75) is 35.8 Å². The number of alkyl halides is 3. The van der Waals surface area contributed by atoms with Gasteiger partial charge in [-0.3, -0.25) is 4.72 Å². The molecule has 0 unspecified atom stereocenters. The molecule has 12 heteroatoms. The van der Waals surface area contributed by atoms with E-state index in [1.165, 1.54) is 6.07 Å². The zero-order valence-corrected chi connectivity index (χ0v) is 21.3. The fourth-order valence-electron chi connectivity index (χ4n) is 3.92. The summed E-state index contributed by atoms with van der Waals surface area (Å²) in [5.41, 5.74) is -0.557. The molecule has 1 aliphatic rings. The molecule has 1 aliphatic heterocycles. The fraction of sp³-hybridized carbons (Fsp3) is 0.292. The van der Waals surface area contributed by atoms with Crippen molar-refractivity contribution in [1.29, 1.82) is 5.26 Å². The molecular weight excluding hydrogens is 535 g/mol. The normalized spacial score (nSPS) is 18.1. The molecule has 4 rings (SSSR count). The third kappa shape index (κ3) is 5.62. The lowest BCUT2D eigenvalue weighted by Crippen LogP contribution is -2.35. The highest BCUT2D eigenvalue weighted by atomic mass is 35.5. The van der Waals surface area contributed by atoms with Gasteiger partial charge in [-0.05, 0) is 42.8 Å². The number of hydrogen-bond acceptors (Lipinski definition) is 6. The Balaban J connectivity index is 1.67. The van der Waals surface area contributed by atoms with E-state index in [0.717, 1.165) is 29.5 Å². The molecule has 2 heterocycles. The van der Waals surface area contributed by atoms with Crippen LogP contribution in [0, 0.1) is 11.3 Å². The van der Waals surface area contributed by atoms with E-state index in [0.29, 0.717) is 35.5 Å². The first kappa shape index (κ1) is 26.3. The van der Waals surface area contributed by atoms with E-state index in [1.807, 2.05) is 0 Å². The van der Waals surface area contributed by atoms with Crippen molar-refractivity contribution >= 4 is 38.6 Å². The van der Waals surface area contributed by atoms with Crippen LogP contribution in [0.5, 0.6) is 5.75 Å². The third-order valence-corrected chi connectivity index (χ3v) is 9.28. The van der Waals surface area contributed by atoms with Gasteiger partial charge < -0.3 is 10.1 Å². The van der Waals surface area contributed by atoms with Gasteiger partial charge in [0, 0.05) is 23.9 Å². The van der Waals surface area contributed by atoms with E-state index >= 15 is 0 Å². The van der Waals surface area contributed by atoms with Gasteiger partial charge in [-0.1, -0.05) is 35.9 Å². The molecule has 1 fully saturated rings. The lowest BCUT2D eigenvalue weighted by Gasteiger charge is -2.27. The van der Waals surface area contributed by atoms with E-state index < -0.39 is 33.1 Å². The highest BCUT2D eigenvalue weighted by Crippen LogP contribution is 2.42. The Morgan fingerprint density at radius 2 is 2.00 bits per heavy atom. The second-order valence-corrected chi connectivity index (χ2v) is 11.9. The minimum Gasteiger partial charge on any atom is -0.485 e. The molecule has 2 N–H and O–H groups in total. The summed E-state index contributed by atoms with van der Waals surface area (Å²) in [6.07, 6.45) is -4.05. The molecule has 0 bridgehead atoms. The van der Waals surface area contributed by atoms with Gasteiger partial charge >= 0.3 is 6.18 Å². The Kier molecular flexibility index (Phi) is 7.26. The summed E-state index contributed by atoms with van der Waals surface area (Å²) < 4.78 is 75.0. The van der Waals surface area contributed by atoms with Gasteiger partial charge in [-0.15, -0.1) is 11.3 Å². The maximum Gasteiger partial charge on any atom is 0.419 e. The summed E-state index contributed by atoms with van der Waals surface area (Å²) in [4.78, 5) is 0.546. The molecule has 1 saturated heterocycles. The van der Waals surface area contributed by atoms with Gasteiger partial charge in [0.2, 0.25) is 0 Å². The Labute approximate surface area is 215 Å². The molecule has 0 spiro atoms. The molecule has 0 aliphatic carbocycles. The highest BCUT2D eigenvalue weighted by molar-refractivity contribution is 7.94. The Hall–Kier alpha value is -2.78. The minimum atomic E-state index is -4.68.